The number of benzene rings is 2. The zero-order valence-corrected chi connectivity index (χ0v) is 15.8. The second kappa shape index (κ2) is 7.71. The molecule has 0 aromatic heterocycles. The summed E-state index contributed by atoms with van der Waals surface area (Å²) in [4.78, 5) is 24.2. The van der Waals surface area contributed by atoms with Crippen molar-refractivity contribution in [3.63, 3.8) is 0 Å². The third-order valence-corrected chi connectivity index (χ3v) is 4.39. The van der Waals surface area contributed by atoms with E-state index in [2.05, 4.69) is 5.32 Å². The molecule has 0 unspecified atom stereocenters. The summed E-state index contributed by atoms with van der Waals surface area (Å²) in [6, 6.07) is 7.85. The minimum atomic E-state index is -0.702. The summed E-state index contributed by atoms with van der Waals surface area (Å²) in [7, 11) is 2.89. The van der Waals surface area contributed by atoms with Crippen molar-refractivity contribution >= 4 is 51.7 Å². The second-order valence-electron chi connectivity index (χ2n) is 4.70. The number of methoxy groups -OCH3 is 2. The second-order valence-corrected chi connectivity index (χ2v) is 6.29. The third-order valence-electron chi connectivity index (χ3n) is 3.21. The molecule has 0 saturated heterocycles. The maximum Gasteiger partial charge on any atom is 0.256 e. The first-order chi connectivity index (χ1) is 11.4. The molecule has 0 spiro atoms. The molecule has 0 aliphatic carbocycles. The largest absolute Gasteiger partial charge is 0.493 e. The zero-order valence-electron chi connectivity index (χ0n) is 12.9. The van der Waals surface area contributed by atoms with E-state index in [0.717, 1.165) is 3.57 Å². The lowest BCUT2D eigenvalue weighted by Gasteiger charge is -2.14. The molecule has 8 heteroatoms. The van der Waals surface area contributed by atoms with Gasteiger partial charge in [-0.2, -0.15) is 0 Å². The summed E-state index contributed by atoms with van der Waals surface area (Å²) in [5.41, 5.74) is 6.10. The highest BCUT2D eigenvalue weighted by Crippen LogP contribution is 2.33. The molecular formula is C16H14ClIN2O4. The molecule has 3 N–H and O–H groups in total. The summed E-state index contributed by atoms with van der Waals surface area (Å²) in [6.45, 7) is 0. The summed E-state index contributed by atoms with van der Waals surface area (Å²) in [6.07, 6.45) is 0. The third kappa shape index (κ3) is 3.90. The van der Waals surface area contributed by atoms with Crippen molar-refractivity contribution < 1.29 is 19.1 Å². The number of anilines is 1. The smallest absolute Gasteiger partial charge is 0.256 e. The van der Waals surface area contributed by atoms with Crippen LogP contribution in [0.3, 0.4) is 0 Å². The van der Waals surface area contributed by atoms with Gasteiger partial charge in [0.15, 0.2) is 11.5 Å². The average Bonchev–Trinajstić information content (AvgIpc) is 2.56. The van der Waals surface area contributed by atoms with E-state index in [1.165, 1.54) is 26.4 Å². The number of carbonyl (C=O) groups excluding carboxylic acids is 2. The van der Waals surface area contributed by atoms with E-state index < -0.39 is 11.8 Å². The zero-order chi connectivity index (χ0) is 17.9. The summed E-state index contributed by atoms with van der Waals surface area (Å²) in [5.74, 6) is -0.427. The standard InChI is InChI=1S/C16H14ClIN2O4/c1-23-13-6-10(15(19)21)12(7-14(13)24-2)20-16(22)9-5-8(17)3-4-11(9)18/h3-7H,1-2H3,(H2,19,21)(H,20,22). The Kier molecular flexibility index (Phi) is 5.89. The predicted octanol–water partition coefficient (Wildman–Crippen LogP) is 3.31. The summed E-state index contributed by atoms with van der Waals surface area (Å²) >= 11 is 7.97. The molecule has 0 aliphatic rings. The van der Waals surface area contributed by atoms with Gasteiger partial charge in [-0.05, 0) is 46.9 Å². The van der Waals surface area contributed by atoms with Crippen LogP contribution in [0.1, 0.15) is 20.7 Å². The van der Waals surface area contributed by atoms with Crippen molar-refractivity contribution in [3.8, 4) is 11.5 Å². The first-order valence-corrected chi connectivity index (χ1v) is 8.15. The fraction of sp³-hybridized carbons (Fsp3) is 0.125. The van der Waals surface area contributed by atoms with Crippen LogP contribution >= 0.6 is 34.2 Å². The van der Waals surface area contributed by atoms with Crippen molar-refractivity contribution in [3.05, 3.63) is 50.1 Å². The Bertz CT molecular complexity index is 811. The van der Waals surface area contributed by atoms with E-state index >= 15 is 0 Å². The highest BCUT2D eigenvalue weighted by atomic mass is 127. The van der Waals surface area contributed by atoms with E-state index in [1.807, 2.05) is 22.6 Å². The molecular weight excluding hydrogens is 447 g/mol. The van der Waals surface area contributed by atoms with Gasteiger partial charge in [0.25, 0.3) is 11.8 Å². The normalized spacial score (nSPS) is 10.2. The van der Waals surface area contributed by atoms with Gasteiger partial charge >= 0.3 is 0 Å². The number of halogens is 2. The lowest BCUT2D eigenvalue weighted by atomic mass is 10.1. The first kappa shape index (κ1) is 18.3. The van der Waals surface area contributed by atoms with Crippen LogP contribution in [-0.2, 0) is 0 Å². The van der Waals surface area contributed by atoms with Gasteiger partial charge < -0.3 is 20.5 Å². The molecule has 2 aromatic rings. The monoisotopic (exact) mass is 460 g/mol. The fourth-order valence-corrected chi connectivity index (χ4v) is 2.80. The van der Waals surface area contributed by atoms with Gasteiger partial charge in [0, 0.05) is 14.7 Å². The van der Waals surface area contributed by atoms with Crippen molar-refractivity contribution in [2.75, 3.05) is 19.5 Å². The Morgan fingerprint density at radius 1 is 1.08 bits per heavy atom. The lowest BCUT2D eigenvalue weighted by Crippen LogP contribution is -2.19. The van der Waals surface area contributed by atoms with Crippen molar-refractivity contribution in [1.29, 1.82) is 0 Å². The Labute approximate surface area is 157 Å². The highest BCUT2D eigenvalue weighted by molar-refractivity contribution is 14.1. The molecule has 0 fully saturated rings. The van der Waals surface area contributed by atoms with Gasteiger partial charge in [0.2, 0.25) is 0 Å². The quantitative estimate of drug-likeness (QED) is 0.670. The molecule has 0 atom stereocenters. The van der Waals surface area contributed by atoms with E-state index in [4.69, 9.17) is 26.8 Å². The molecule has 0 heterocycles. The van der Waals surface area contributed by atoms with Crippen molar-refractivity contribution in [2.24, 2.45) is 5.73 Å². The number of hydrogen-bond donors (Lipinski definition) is 2. The number of amides is 2. The molecule has 2 amide bonds. The van der Waals surface area contributed by atoms with Gasteiger partial charge in [-0.3, -0.25) is 9.59 Å². The van der Waals surface area contributed by atoms with Crippen LogP contribution in [0.4, 0.5) is 5.69 Å². The van der Waals surface area contributed by atoms with Crippen LogP contribution in [-0.4, -0.2) is 26.0 Å². The van der Waals surface area contributed by atoms with Gasteiger partial charge in [0.1, 0.15) is 0 Å². The molecule has 0 bridgehead atoms. The van der Waals surface area contributed by atoms with Gasteiger partial charge in [-0.15, -0.1) is 0 Å². The van der Waals surface area contributed by atoms with E-state index in [-0.39, 0.29) is 11.3 Å². The number of nitrogens with one attached hydrogen (secondary N) is 1. The number of rotatable bonds is 5. The minimum Gasteiger partial charge on any atom is -0.493 e. The van der Waals surface area contributed by atoms with Crippen molar-refractivity contribution in [1.82, 2.24) is 0 Å². The van der Waals surface area contributed by atoms with Crippen LogP contribution in [0, 0.1) is 3.57 Å². The van der Waals surface area contributed by atoms with Crippen LogP contribution in [0.5, 0.6) is 11.5 Å². The van der Waals surface area contributed by atoms with Gasteiger partial charge in [-0.25, -0.2) is 0 Å². The molecule has 24 heavy (non-hydrogen) atoms. The minimum absolute atomic E-state index is 0.109. The fourth-order valence-electron chi connectivity index (χ4n) is 2.05. The predicted molar refractivity (Wildman–Crippen MR) is 100 cm³/mol. The molecule has 2 rings (SSSR count). The van der Waals surface area contributed by atoms with Crippen LogP contribution in [0.2, 0.25) is 5.02 Å². The number of ether oxygens (including phenoxy) is 2. The Morgan fingerprint density at radius 3 is 2.29 bits per heavy atom. The Balaban J connectivity index is 2.46. The van der Waals surface area contributed by atoms with E-state index in [9.17, 15) is 9.59 Å². The lowest BCUT2D eigenvalue weighted by molar-refractivity contribution is 0.100. The maximum absolute atomic E-state index is 12.5. The van der Waals surface area contributed by atoms with Crippen LogP contribution < -0.4 is 20.5 Å². The van der Waals surface area contributed by atoms with Gasteiger partial charge in [0.05, 0.1) is 31.0 Å². The molecule has 126 valence electrons. The molecule has 0 aliphatic heterocycles. The van der Waals surface area contributed by atoms with Crippen molar-refractivity contribution in [2.45, 2.75) is 0 Å². The Morgan fingerprint density at radius 2 is 1.71 bits per heavy atom. The number of carbonyl (C=O) groups is 2. The average molecular weight is 461 g/mol. The van der Waals surface area contributed by atoms with E-state index in [0.29, 0.717) is 22.1 Å². The maximum atomic E-state index is 12.5. The Hall–Kier alpha value is -2.00. The first-order valence-electron chi connectivity index (χ1n) is 6.69. The number of nitrogens with two attached hydrogens (primary N) is 1. The van der Waals surface area contributed by atoms with Gasteiger partial charge in [-0.1, -0.05) is 11.6 Å². The SMILES string of the molecule is COc1cc(NC(=O)c2cc(Cl)ccc2I)c(C(N)=O)cc1OC. The molecule has 0 saturated carbocycles. The summed E-state index contributed by atoms with van der Waals surface area (Å²) in [5, 5.41) is 3.10. The summed E-state index contributed by atoms with van der Waals surface area (Å²) < 4.78 is 11.1. The topological polar surface area (TPSA) is 90.6 Å². The number of hydrogen-bond acceptors (Lipinski definition) is 4. The molecule has 2 aromatic carbocycles. The highest BCUT2D eigenvalue weighted by Gasteiger charge is 2.18. The van der Waals surface area contributed by atoms with Crippen LogP contribution in [0.25, 0.3) is 0 Å². The van der Waals surface area contributed by atoms with Crippen LogP contribution in [0.15, 0.2) is 30.3 Å². The number of primary amides is 1. The molecule has 6 nitrogen and oxygen atoms in total. The van der Waals surface area contributed by atoms with E-state index in [1.54, 1.807) is 18.2 Å². The molecule has 0 radical (unpaired) electrons.